The Bertz CT molecular complexity index is 1090. The molecule has 1 aromatic heterocycles. The molecule has 1 N–H and O–H groups in total. The summed E-state index contributed by atoms with van der Waals surface area (Å²) in [4.78, 5) is 17.8. The molecule has 0 radical (unpaired) electrons. The zero-order chi connectivity index (χ0) is 21.4. The Morgan fingerprint density at radius 3 is 2.35 bits per heavy atom. The van der Waals surface area contributed by atoms with Crippen LogP contribution in [0.3, 0.4) is 0 Å². The van der Waals surface area contributed by atoms with Crippen LogP contribution in [0.1, 0.15) is 50.9 Å². The monoisotopic (exact) mass is 438 g/mol. The number of halogens is 2. The highest BCUT2D eigenvalue weighted by atomic mass is 32.1. The van der Waals surface area contributed by atoms with Crippen molar-refractivity contribution in [2.24, 2.45) is 0 Å². The highest BCUT2D eigenvalue weighted by Crippen LogP contribution is 2.45. The van der Waals surface area contributed by atoms with Crippen LogP contribution in [0.25, 0.3) is 0 Å². The van der Waals surface area contributed by atoms with Crippen LogP contribution in [0.15, 0.2) is 48.5 Å². The van der Waals surface area contributed by atoms with Crippen LogP contribution in [0.2, 0.25) is 0 Å². The SMILES string of the molecule is O=C(NCc1ccc(F)cc1)N1CCc2c(sc3c2CCCC3)[C@@H]1c1ccc(F)cc1. The van der Waals surface area contributed by atoms with Gasteiger partial charge in [0.25, 0.3) is 0 Å². The van der Waals surface area contributed by atoms with Gasteiger partial charge in [-0.1, -0.05) is 24.3 Å². The summed E-state index contributed by atoms with van der Waals surface area (Å²) in [5.74, 6) is -0.575. The van der Waals surface area contributed by atoms with E-state index in [1.807, 2.05) is 16.2 Å². The average Bonchev–Trinajstić information content (AvgIpc) is 3.17. The first-order valence-corrected chi connectivity index (χ1v) is 11.6. The lowest BCUT2D eigenvalue weighted by Crippen LogP contribution is -2.45. The van der Waals surface area contributed by atoms with Gasteiger partial charge >= 0.3 is 6.03 Å². The number of carbonyl (C=O) groups excluding carboxylic acids is 1. The minimum atomic E-state index is -0.295. The number of carbonyl (C=O) groups is 1. The number of nitrogens with one attached hydrogen (secondary N) is 1. The summed E-state index contributed by atoms with van der Waals surface area (Å²) < 4.78 is 26.8. The maximum Gasteiger partial charge on any atom is 0.318 e. The van der Waals surface area contributed by atoms with Crippen LogP contribution < -0.4 is 5.32 Å². The van der Waals surface area contributed by atoms with Gasteiger partial charge in [0.15, 0.2) is 0 Å². The fraction of sp³-hybridized carbons (Fsp3) is 0.320. The molecular formula is C25H24F2N2OS. The Morgan fingerprint density at radius 1 is 0.935 bits per heavy atom. The van der Waals surface area contributed by atoms with Crippen molar-refractivity contribution in [1.82, 2.24) is 10.2 Å². The molecule has 1 aliphatic heterocycles. The summed E-state index contributed by atoms with van der Waals surface area (Å²) in [6.45, 7) is 0.951. The van der Waals surface area contributed by atoms with Crippen LogP contribution in [-0.2, 0) is 25.8 Å². The number of nitrogens with zero attached hydrogens (tertiary/aromatic N) is 1. The first-order chi connectivity index (χ1) is 15.1. The number of amides is 2. The molecule has 6 heteroatoms. The minimum Gasteiger partial charge on any atom is -0.334 e. The van der Waals surface area contributed by atoms with Crippen LogP contribution >= 0.6 is 11.3 Å². The van der Waals surface area contributed by atoms with Crippen molar-refractivity contribution in [2.75, 3.05) is 6.54 Å². The van der Waals surface area contributed by atoms with Gasteiger partial charge < -0.3 is 10.2 Å². The largest absolute Gasteiger partial charge is 0.334 e. The van der Waals surface area contributed by atoms with Crippen molar-refractivity contribution < 1.29 is 13.6 Å². The van der Waals surface area contributed by atoms with Gasteiger partial charge in [-0.15, -0.1) is 11.3 Å². The van der Waals surface area contributed by atoms with E-state index in [1.165, 1.54) is 58.0 Å². The van der Waals surface area contributed by atoms with Gasteiger partial charge in [-0.05, 0) is 78.6 Å². The van der Waals surface area contributed by atoms with E-state index in [0.29, 0.717) is 13.1 Å². The number of benzene rings is 2. The van der Waals surface area contributed by atoms with Gasteiger partial charge in [0.1, 0.15) is 11.6 Å². The number of hydrogen-bond acceptors (Lipinski definition) is 2. The van der Waals surface area contributed by atoms with Crippen LogP contribution in [0.5, 0.6) is 0 Å². The second-order valence-electron chi connectivity index (χ2n) is 8.24. The number of hydrogen-bond donors (Lipinski definition) is 1. The molecule has 0 unspecified atom stereocenters. The Morgan fingerprint density at radius 2 is 1.61 bits per heavy atom. The maximum atomic E-state index is 13.6. The van der Waals surface area contributed by atoms with Crippen molar-refractivity contribution in [3.8, 4) is 0 Å². The van der Waals surface area contributed by atoms with Gasteiger partial charge in [-0.25, -0.2) is 13.6 Å². The summed E-state index contributed by atoms with van der Waals surface area (Å²) in [6.07, 6.45) is 5.52. The standard InChI is InChI=1S/C25H24F2N2OS/c26-18-9-5-16(6-10-18)15-28-25(30)29-14-13-21-20-3-1-2-4-22(20)31-24(21)23(29)17-7-11-19(27)12-8-17/h5-12,23H,1-4,13-15H2,(H,28,30)/t23-/m0/s1. The number of fused-ring (bicyclic) bond motifs is 3. The van der Waals surface area contributed by atoms with Gasteiger partial charge in [0, 0.05) is 22.8 Å². The van der Waals surface area contributed by atoms with Crippen LogP contribution in [0, 0.1) is 11.6 Å². The highest BCUT2D eigenvalue weighted by molar-refractivity contribution is 7.12. The Hall–Kier alpha value is -2.73. The molecule has 3 nitrogen and oxygen atoms in total. The Balaban J connectivity index is 1.45. The topological polar surface area (TPSA) is 32.3 Å². The summed E-state index contributed by atoms with van der Waals surface area (Å²) in [6, 6.07) is 12.3. The molecule has 2 amide bonds. The van der Waals surface area contributed by atoms with Crippen molar-refractivity contribution in [1.29, 1.82) is 0 Å². The molecule has 5 rings (SSSR count). The van der Waals surface area contributed by atoms with Crippen LogP contribution in [0.4, 0.5) is 13.6 Å². The predicted molar refractivity (Wildman–Crippen MR) is 118 cm³/mol. The lowest BCUT2D eigenvalue weighted by atomic mass is 9.88. The van der Waals surface area contributed by atoms with Crippen molar-refractivity contribution in [3.63, 3.8) is 0 Å². The number of rotatable bonds is 3. The molecule has 160 valence electrons. The summed E-state index contributed by atoms with van der Waals surface area (Å²) in [5.41, 5.74) is 4.66. The van der Waals surface area contributed by atoms with E-state index >= 15 is 0 Å². The third-order valence-electron chi connectivity index (χ3n) is 6.28. The van der Waals surface area contributed by atoms with Gasteiger partial charge in [-0.3, -0.25) is 0 Å². The van der Waals surface area contributed by atoms with E-state index in [9.17, 15) is 13.6 Å². The smallest absolute Gasteiger partial charge is 0.318 e. The molecule has 0 saturated carbocycles. The average molecular weight is 439 g/mol. The van der Waals surface area contributed by atoms with Crippen LogP contribution in [-0.4, -0.2) is 17.5 Å². The van der Waals surface area contributed by atoms with Crippen molar-refractivity contribution >= 4 is 17.4 Å². The first-order valence-electron chi connectivity index (χ1n) is 10.8. The zero-order valence-electron chi connectivity index (χ0n) is 17.2. The van der Waals surface area contributed by atoms with E-state index in [0.717, 1.165) is 30.4 Å². The molecule has 2 aliphatic rings. The number of urea groups is 1. The third-order valence-corrected chi connectivity index (χ3v) is 7.66. The number of aryl methyl sites for hydroxylation is 1. The zero-order valence-corrected chi connectivity index (χ0v) is 18.0. The molecule has 2 heterocycles. The fourth-order valence-electron chi connectivity index (χ4n) is 4.73. The van der Waals surface area contributed by atoms with Gasteiger partial charge in [0.2, 0.25) is 0 Å². The van der Waals surface area contributed by atoms with Gasteiger partial charge in [0.05, 0.1) is 6.04 Å². The van der Waals surface area contributed by atoms with E-state index in [-0.39, 0.29) is 23.7 Å². The van der Waals surface area contributed by atoms with E-state index in [4.69, 9.17) is 0 Å². The predicted octanol–water partition coefficient (Wildman–Crippen LogP) is 5.76. The molecule has 0 fully saturated rings. The molecule has 1 aliphatic carbocycles. The molecule has 0 saturated heterocycles. The van der Waals surface area contributed by atoms with Gasteiger partial charge in [-0.2, -0.15) is 0 Å². The first kappa shape index (κ1) is 20.2. The maximum absolute atomic E-state index is 13.6. The second-order valence-corrected chi connectivity index (χ2v) is 9.37. The highest BCUT2D eigenvalue weighted by Gasteiger charge is 2.36. The van der Waals surface area contributed by atoms with E-state index < -0.39 is 0 Å². The normalized spacial score (nSPS) is 17.7. The summed E-state index contributed by atoms with van der Waals surface area (Å²) >= 11 is 1.83. The fourth-order valence-corrected chi connectivity index (χ4v) is 6.31. The molecule has 2 aromatic carbocycles. The molecule has 1 atom stereocenters. The summed E-state index contributed by atoms with van der Waals surface area (Å²) in [7, 11) is 0. The lowest BCUT2D eigenvalue weighted by Gasteiger charge is -2.36. The second kappa shape index (κ2) is 8.42. The molecule has 0 spiro atoms. The lowest BCUT2D eigenvalue weighted by molar-refractivity contribution is 0.180. The molecule has 31 heavy (non-hydrogen) atoms. The molecule has 3 aromatic rings. The molecule has 0 bridgehead atoms. The third kappa shape index (κ3) is 3.97. The van der Waals surface area contributed by atoms with Crippen molar-refractivity contribution in [3.05, 3.63) is 92.2 Å². The summed E-state index contributed by atoms with van der Waals surface area (Å²) in [5, 5.41) is 2.99. The van der Waals surface area contributed by atoms with Crippen molar-refractivity contribution in [2.45, 2.75) is 44.7 Å². The molecular weight excluding hydrogens is 414 g/mol. The van der Waals surface area contributed by atoms with E-state index in [2.05, 4.69) is 5.32 Å². The minimum absolute atomic E-state index is 0.157. The van der Waals surface area contributed by atoms with E-state index in [1.54, 1.807) is 24.3 Å². The quantitative estimate of drug-likeness (QED) is 0.554. The Labute approximate surface area is 184 Å². The Kier molecular flexibility index (Phi) is 5.48. The number of thiophene rings is 1.